The highest BCUT2D eigenvalue weighted by molar-refractivity contribution is 5.93. The fourth-order valence-electron chi connectivity index (χ4n) is 2.48. The van der Waals surface area contributed by atoms with Crippen LogP contribution in [0.5, 0.6) is 0 Å². The third-order valence-corrected chi connectivity index (χ3v) is 3.85. The first-order valence-electron chi connectivity index (χ1n) is 7.78. The molecule has 0 saturated carbocycles. The van der Waals surface area contributed by atoms with Gasteiger partial charge in [-0.15, -0.1) is 0 Å². The van der Waals surface area contributed by atoms with Crippen LogP contribution in [0.15, 0.2) is 46.9 Å². The van der Waals surface area contributed by atoms with Crippen LogP contribution in [-0.2, 0) is 12.7 Å². The molecule has 1 amide bonds. The summed E-state index contributed by atoms with van der Waals surface area (Å²) in [6.45, 7) is 1.97. The number of carbonyl (C=O) groups excluding carboxylic acids is 1. The fourth-order valence-corrected chi connectivity index (χ4v) is 2.48. The molecule has 0 aliphatic heterocycles. The Kier molecular flexibility index (Phi) is 4.58. The topological polar surface area (TPSA) is 62.1 Å². The van der Waals surface area contributed by atoms with Crippen LogP contribution in [0, 0.1) is 6.92 Å². The van der Waals surface area contributed by atoms with Gasteiger partial charge in [0.25, 0.3) is 5.91 Å². The number of halogens is 3. The number of hydrogen-bond acceptors (Lipinski definition) is 3. The minimum Gasteiger partial charge on any atom is -0.460 e. The Bertz CT molecular complexity index is 910. The van der Waals surface area contributed by atoms with Gasteiger partial charge >= 0.3 is 6.18 Å². The zero-order valence-corrected chi connectivity index (χ0v) is 14.1. The first kappa shape index (κ1) is 17.8. The molecule has 5 nitrogen and oxygen atoms in total. The number of nitrogens with one attached hydrogen (secondary N) is 1. The van der Waals surface area contributed by atoms with Gasteiger partial charge in [0.15, 0.2) is 11.5 Å². The second-order valence-electron chi connectivity index (χ2n) is 5.93. The number of benzene rings is 1. The molecule has 1 N–H and O–H groups in total. The molecule has 0 unspecified atom stereocenters. The van der Waals surface area contributed by atoms with Crippen LogP contribution in [0.3, 0.4) is 0 Å². The molecule has 0 fully saturated rings. The van der Waals surface area contributed by atoms with Crippen LogP contribution in [0.4, 0.5) is 13.2 Å². The van der Waals surface area contributed by atoms with Gasteiger partial charge in [-0.2, -0.15) is 18.3 Å². The maximum absolute atomic E-state index is 12.6. The number of aryl methyl sites for hydroxylation is 1. The monoisotopic (exact) mass is 363 g/mol. The summed E-state index contributed by atoms with van der Waals surface area (Å²) < 4.78 is 43.2. The zero-order valence-electron chi connectivity index (χ0n) is 14.1. The number of furan rings is 1. The van der Waals surface area contributed by atoms with Crippen molar-refractivity contribution in [2.75, 3.05) is 7.05 Å². The Labute approximate surface area is 147 Å². The van der Waals surface area contributed by atoms with E-state index in [1.165, 1.54) is 17.0 Å². The Morgan fingerprint density at radius 1 is 1.19 bits per heavy atom. The lowest BCUT2D eigenvalue weighted by Gasteiger charge is -2.16. The average Bonchev–Trinajstić information content (AvgIpc) is 3.22. The normalized spacial score (nSPS) is 11.6. The van der Waals surface area contributed by atoms with Gasteiger partial charge < -0.3 is 9.32 Å². The van der Waals surface area contributed by atoms with Crippen LogP contribution < -0.4 is 0 Å². The highest BCUT2D eigenvalue weighted by atomic mass is 19.4. The average molecular weight is 363 g/mol. The van der Waals surface area contributed by atoms with Gasteiger partial charge in [0.1, 0.15) is 11.5 Å². The number of aromatic amines is 1. The molecule has 2 heterocycles. The molecule has 136 valence electrons. The van der Waals surface area contributed by atoms with Crippen molar-refractivity contribution < 1.29 is 22.4 Å². The van der Waals surface area contributed by atoms with Crippen molar-refractivity contribution in [2.45, 2.75) is 19.6 Å². The van der Waals surface area contributed by atoms with Crippen LogP contribution in [0.25, 0.3) is 11.5 Å². The number of amides is 1. The van der Waals surface area contributed by atoms with E-state index in [4.69, 9.17) is 4.42 Å². The SMILES string of the molecule is Cc1ccc(-c2cc(C(=O)N(C)Cc3ccc(C(F)(F)F)cc3)n[nH]2)o1. The zero-order chi connectivity index (χ0) is 18.9. The number of aromatic nitrogens is 2. The summed E-state index contributed by atoms with van der Waals surface area (Å²) in [5.74, 6) is 0.956. The summed E-state index contributed by atoms with van der Waals surface area (Å²) >= 11 is 0. The highest BCUT2D eigenvalue weighted by Gasteiger charge is 2.30. The molecule has 0 radical (unpaired) electrons. The van der Waals surface area contributed by atoms with Crippen molar-refractivity contribution in [3.63, 3.8) is 0 Å². The summed E-state index contributed by atoms with van der Waals surface area (Å²) in [5, 5.41) is 6.73. The van der Waals surface area contributed by atoms with Crippen molar-refractivity contribution >= 4 is 5.91 Å². The number of hydrogen-bond donors (Lipinski definition) is 1. The van der Waals surface area contributed by atoms with E-state index in [-0.39, 0.29) is 18.1 Å². The van der Waals surface area contributed by atoms with E-state index in [0.717, 1.165) is 17.9 Å². The van der Waals surface area contributed by atoms with E-state index in [0.29, 0.717) is 17.0 Å². The molecular weight excluding hydrogens is 347 g/mol. The molecule has 3 aromatic rings. The number of rotatable bonds is 4. The second kappa shape index (κ2) is 6.70. The second-order valence-corrected chi connectivity index (χ2v) is 5.93. The lowest BCUT2D eigenvalue weighted by atomic mass is 10.1. The first-order valence-corrected chi connectivity index (χ1v) is 7.78. The highest BCUT2D eigenvalue weighted by Crippen LogP contribution is 2.29. The fraction of sp³-hybridized carbons (Fsp3) is 0.222. The molecule has 0 aliphatic rings. The van der Waals surface area contributed by atoms with E-state index in [1.807, 2.05) is 6.92 Å². The summed E-state index contributed by atoms with van der Waals surface area (Å²) in [7, 11) is 1.56. The molecule has 8 heteroatoms. The van der Waals surface area contributed by atoms with Crippen molar-refractivity contribution in [1.82, 2.24) is 15.1 Å². The smallest absolute Gasteiger partial charge is 0.416 e. The maximum Gasteiger partial charge on any atom is 0.416 e. The number of alkyl halides is 3. The van der Waals surface area contributed by atoms with Crippen molar-refractivity contribution in [2.24, 2.45) is 0 Å². The Morgan fingerprint density at radius 3 is 2.46 bits per heavy atom. The van der Waals surface area contributed by atoms with Gasteiger partial charge in [0.2, 0.25) is 0 Å². The molecule has 2 aromatic heterocycles. The molecule has 3 rings (SSSR count). The summed E-state index contributed by atoms with van der Waals surface area (Å²) in [5.41, 5.74) is 0.639. The lowest BCUT2D eigenvalue weighted by molar-refractivity contribution is -0.137. The largest absolute Gasteiger partial charge is 0.460 e. The minimum absolute atomic E-state index is 0.166. The molecule has 1 aromatic carbocycles. The van der Waals surface area contributed by atoms with E-state index < -0.39 is 11.7 Å². The predicted octanol–water partition coefficient (Wildman–Crippen LogP) is 4.27. The van der Waals surface area contributed by atoms with E-state index in [9.17, 15) is 18.0 Å². The van der Waals surface area contributed by atoms with Crippen LogP contribution >= 0.6 is 0 Å². The van der Waals surface area contributed by atoms with Gasteiger partial charge in [0.05, 0.1) is 5.56 Å². The molecule has 0 bridgehead atoms. The summed E-state index contributed by atoms with van der Waals surface area (Å²) in [6, 6.07) is 9.85. The van der Waals surface area contributed by atoms with Gasteiger partial charge in [0, 0.05) is 19.7 Å². The van der Waals surface area contributed by atoms with Crippen molar-refractivity contribution in [1.29, 1.82) is 0 Å². The van der Waals surface area contributed by atoms with E-state index in [2.05, 4.69) is 10.2 Å². The minimum atomic E-state index is -4.38. The molecular formula is C18H16F3N3O2. The maximum atomic E-state index is 12.6. The van der Waals surface area contributed by atoms with Crippen LogP contribution in [-0.4, -0.2) is 28.1 Å². The summed E-state index contributed by atoms with van der Waals surface area (Å²) in [6.07, 6.45) is -4.38. The molecule has 0 spiro atoms. The quantitative estimate of drug-likeness (QED) is 0.753. The standard InChI is InChI=1S/C18H16F3N3O2/c1-11-3-8-16(26-11)14-9-15(23-22-14)17(25)24(2)10-12-4-6-13(7-5-12)18(19,20)21/h3-9H,10H2,1-2H3,(H,22,23). The third kappa shape index (κ3) is 3.79. The first-order chi connectivity index (χ1) is 12.2. The molecule has 26 heavy (non-hydrogen) atoms. The van der Waals surface area contributed by atoms with Gasteiger partial charge in [-0.1, -0.05) is 12.1 Å². The molecule has 0 saturated heterocycles. The molecule has 0 aliphatic carbocycles. The predicted molar refractivity (Wildman–Crippen MR) is 88.3 cm³/mol. The Morgan fingerprint density at radius 2 is 1.88 bits per heavy atom. The van der Waals surface area contributed by atoms with Gasteiger partial charge in [-0.05, 0) is 36.8 Å². The Balaban J connectivity index is 1.69. The number of nitrogens with zero attached hydrogens (tertiary/aromatic N) is 2. The van der Waals surface area contributed by atoms with Crippen molar-refractivity contribution in [3.8, 4) is 11.5 Å². The summed E-state index contributed by atoms with van der Waals surface area (Å²) in [4.78, 5) is 13.8. The Hall–Kier alpha value is -3.03. The molecule has 0 atom stereocenters. The van der Waals surface area contributed by atoms with Gasteiger partial charge in [-0.25, -0.2) is 0 Å². The number of carbonyl (C=O) groups is 1. The third-order valence-electron chi connectivity index (χ3n) is 3.85. The van der Waals surface area contributed by atoms with Crippen molar-refractivity contribution in [3.05, 3.63) is 65.0 Å². The number of H-pyrrole nitrogens is 1. The van der Waals surface area contributed by atoms with Gasteiger partial charge in [-0.3, -0.25) is 9.89 Å². The lowest BCUT2D eigenvalue weighted by Crippen LogP contribution is -2.26. The van der Waals surface area contributed by atoms with Crippen LogP contribution in [0.2, 0.25) is 0 Å². The van der Waals surface area contributed by atoms with E-state index >= 15 is 0 Å². The van der Waals surface area contributed by atoms with Crippen LogP contribution in [0.1, 0.15) is 27.4 Å². The van der Waals surface area contributed by atoms with E-state index in [1.54, 1.807) is 25.2 Å².